The van der Waals surface area contributed by atoms with Gasteiger partial charge < -0.3 is 15.6 Å². The summed E-state index contributed by atoms with van der Waals surface area (Å²) in [5.74, 6) is -0.973. The Morgan fingerprint density at radius 1 is 1.11 bits per heavy atom. The van der Waals surface area contributed by atoms with Crippen molar-refractivity contribution in [2.24, 2.45) is 0 Å². The summed E-state index contributed by atoms with van der Waals surface area (Å²) in [5, 5.41) is 16.0. The molecule has 27 heavy (non-hydrogen) atoms. The third kappa shape index (κ3) is 2.96. The molecule has 2 amide bonds. The van der Waals surface area contributed by atoms with Crippen LogP contribution in [-0.4, -0.2) is 23.3 Å². The van der Waals surface area contributed by atoms with E-state index in [0.717, 1.165) is 16.5 Å². The van der Waals surface area contributed by atoms with E-state index >= 15 is 0 Å². The van der Waals surface area contributed by atoms with Gasteiger partial charge in [0.05, 0.1) is 5.57 Å². The molecule has 132 valence electrons. The lowest BCUT2D eigenvalue weighted by atomic mass is 10.0. The van der Waals surface area contributed by atoms with Gasteiger partial charge in [0, 0.05) is 34.9 Å². The Hall–Kier alpha value is -3.85. The summed E-state index contributed by atoms with van der Waals surface area (Å²) in [7, 11) is 0. The van der Waals surface area contributed by atoms with Crippen molar-refractivity contribution in [3.8, 4) is 6.07 Å². The topological polar surface area (TPSA) is 97.8 Å². The van der Waals surface area contributed by atoms with Crippen LogP contribution in [0.1, 0.15) is 11.1 Å². The van der Waals surface area contributed by atoms with Crippen molar-refractivity contribution in [1.29, 1.82) is 5.26 Å². The Kier molecular flexibility index (Phi) is 4.19. The molecule has 3 N–H and O–H groups in total. The molecule has 0 aliphatic carbocycles. The quantitative estimate of drug-likeness (QED) is 0.495. The fourth-order valence-corrected chi connectivity index (χ4v) is 3.32. The van der Waals surface area contributed by atoms with Gasteiger partial charge in [-0.2, -0.15) is 5.26 Å². The largest absolute Gasteiger partial charge is 0.361 e. The van der Waals surface area contributed by atoms with Crippen LogP contribution < -0.4 is 10.6 Å². The molecule has 2 heterocycles. The zero-order valence-electron chi connectivity index (χ0n) is 14.4. The van der Waals surface area contributed by atoms with Crippen LogP contribution in [0.4, 0.5) is 5.69 Å². The van der Waals surface area contributed by atoms with E-state index in [1.165, 1.54) is 0 Å². The third-order valence-electron chi connectivity index (χ3n) is 4.62. The minimum Gasteiger partial charge on any atom is -0.361 e. The van der Waals surface area contributed by atoms with Gasteiger partial charge in [0.1, 0.15) is 11.6 Å². The van der Waals surface area contributed by atoms with E-state index in [1.807, 2.05) is 36.5 Å². The van der Waals surface area contributed by atoms with E-state index < -0.39 is 11.8 Å². The number of benzene rings is 2. The zero-order chi connectivity index (χ0) is 18.8. The van der Waals surface area contributed by atoms with Crippen molar-refractivity contribution in [1.82, 2.24) is 10.3 Å². The first-order valence-corrected chi connectivity index (χ1v) is 8.57. The number of para-hydroxylation sites is 2. The molecule has 1 aliphatic heterocycles. The Labute approximate surface area is 155 Å². The number of aromatic nitrogens is 1. The van der Waals surface area contributed by atoms with Gasteiger partial charge in [-0.1, -0.05) is 36.4 Å². The second-order valence-electron chi connectivity index (χ2n) is 6.23. The van der Waals surface area contributed by atoms with Crippen LogP contribution in [0.5, 0.6) is 0 Å². The molecule has 0 fully saturated rings. The van der Waals surface area contributed by atoms with Crippen molar-refractivity contribution in [2.75, 3.05) is 11.9 Å². The van der Waals surface area contributed by atoms with Gasteiger partial charge in [-0.05, 0) is 24.1 Å². The van der Waals surface area contributed by atoms with Gasteiger partial charge in [-0.25, -0.2) is 0 Å². The van der Waals surface area contributed by atoms with Gasteiger partial charge >= 0.3 is 0 Å². The van der Waals surface area contributed by atoms with Crippen LogP contribution >= 0.6 is 0 Å². The molecule has 1 aliphatic rings. The predicted molar refractivity (Wildman–Crippen MR) is 103 cm³/mol. The number of hydrogen-bond donors (Lipinski definition) is 3. The van der Waals surface area contributed by atoms with Gasteiger partial charge in [-0.15, -0.1) is 0 Å². The molecule has 2 aromatic carbocycles. The van der Waals surface area contributed by atoms with Crippen LogP contribution in [0.3, 0.4) is 0 Å². The molecule has 0 spiro atoms. The van der Waals surface area contributed by atoms with Crippen LogP contribution in [-0.2, 0) is 16.0 Å². The lowest BCUT2D eigenvalue weighted by Crippen LogP contribution is -2.28. The number of hydrogen-bond acceptors (Lipinski definition) is 3. The van der Waals surface area contributed by atoms with Crippen molar-refractivity contribution >= 4 is 34.0 Å². The maximum absolute atomic E-state index is 12.5. The lowest BCUT2D eigenvalue weighted by molar-refractivity contribution is -0.117. The molecule has 0 bridgehead atoms. The summed E-state index contributed by atoms with van der Waals surface area (Å²) in [6, 6.07) is 16.8. The number of nitrogens with zero attached hydrogens (tertiary/aromatic N) is 1. The second kappa shape index (κ2) is 6.81. The number of amides is 2. The second-order valence-corrected chi connectivity index (χ2v) is 6.23. The number of carbonyl (C=O) groups excluding carboxylic acids is 2. The van der Waals surface area contributed by atoms with Crippen molar-refractivity contribution in [3.63, 3.8) is 0 Å². The average Bonchev–Trinajstić information content (AvgIpc) is 3.24. The third-order valence-corrected chi connectivity index (χ3v) is 4.62. The summed E-state index contributed by atoms with van der Waals surface area (Å²) in [6.45, 7) is 0.363. The summed E-state index contributed by atoms with van der Waals surface area (Å²) < 4.78 is 0. The van der Waals surface area contributed by atoms with Crippen LogP contribution in [0.15, 0.2) is 60.3 Å². The number of H-pyrrole nitrogens is 1. The summed E-state index contributed by atoms with van der Waals surface area (Å²) in [4.78, 5) is 28.0. The first-order valence-electron chi connectivity index (χ1n) is 8.57. The fourth-order valence-electron chi connectivity index (χ4n) is 3.32. The molecule has 4 rings (SSSR count). The van der Waals surface area contributed by atoms with Crippen LogP contribution in [0.2, 0.25) is 0 Å². The molecule has 0 saturated heterocycles. The van der Waals surface area contributed by atoms with Crippen molar-refractivity contribution in [2.45, 2.75) is 6.42 Å². The Morgan fingerprint density at radius 3 is 2.74 bits per heavy atom. The first kappa shape index (κ1) is 16.6. The Morgan fingerprint density at radius 2 is 1.89 bits per heavy atom. The summed E-state index contributed by atoms with van der Waals surface area (Å²) in [5.41, 5.74) is 3.26. The van der Waals surface area contributed by atoms with E-state index in [4.69, 9.17) is 0 Å². The normalized spacial score (nSPS) is 14.4. The highest BCUT2D eigenvalue weighted by Gasteiger charge is 2.29. The molecule has 0 radical (unpaired) electrons. The zero-order valence-corrected chi connectivity index (χ0v) is 14.4. The number of anilines is 1. The molecule has 1 aromatic heterocycles. The van der Waals surface area contributed by atoms with E-state index in [2.05, 4.69) is 15.6 Å². The monoisotopic (exact) mass is 356 g/mol. The lowest BCUT2D eigenvalue weighted by Gasteiger charge is -2.06. The van der Waals surface area contributed by atoms with Gasteiger partial charge in [-0.3, -0.25) is 9.59 Å². The Balaban J connectivity index is 1.52. The molecule has 0 saturated carbocycles. The fraction of sp³-hybridized carbons (Fsp3) is 0.0952. The molecule has 0 atom stereocenters. The molecule has 6 heteroatoms. The summed E-state index contributed by atoms with van der Waals surface area (Å²) in [6.07, 6.45) is 2.54. The highest BCUT2D eigenvalue weighted by molar-refractivity contribution is 6.36. The Bertz CT molecular complexity index is 1130. The van der Waals surface area contributed by atoms with Crippen molar-refractivity contribution in [3.05, 3.63) is 71.4 Å². The number of nitriles is 1. The van der Waals surface area contributed by atoms with Crippen molar-refractivity contribution < 1.29 is 9.59 Å². The van der Waals surface area contributed by atoms with E-state index in [-0.39, 0.29) is 11.1 Å². The number of nitrogens with one attached hydrogen (secondary N) is 3. The maximum Gasteiger partial charge on any atom is 0.262 e. The van der Waals surface area contributed by atoms with E-state index in [9.17, 15) is 14.9 Å². The van der Waals surface area contributed by atoms with Gasteiger partial charge in [0.25, 0.3) is 11.8 Å². The van der Waals surface area contributed by atoms with E-state index in [1.54, 1.807) is 24.3 Å². The molecule has 6 nitrogen and oxygen atoms in total. The minimum atomic E-state index is -0.542. The minimum absolute atomic E-state index is 0.123. The van der Waals surface area contributed by atoms with E-state index in [0.29, 0.717) is 24.2 Å². The SMILES string of the molecule is N#C/C(C(=O)NCCc1c[nH]c2ccccc12)=C1/C(=O)Nc2ccccc21. The number of carbonyl (C=O) groups is 2. The van der Waals surface area contributed by atoms with Gasteiger partial charge in [0.15, 0.2) is 0 Å². The number of aromatic amines is 1. The first-order chi connectivity index (χ1) is 13.2. The molecular formula is C21H16N4O2. The molecular weight excluding hydrogens is 340 g/mol. The van der Waals surface area contributed by atoms with Gasteiger partial charge in [0.2, 0.25) is 0 Å². The number of fused-ring (bicyclic) bond motifs is 2. The smallest absolute Gasteiger partial charge is 0.262 e. The highest BCUT2D eigenvalue weighted by atomic mass is 16.2. The molecule has 3 aromatic rings. The standard InChI is InChI=1S/C21H16N4O2/c22-11-16(19-15-6-2-4-8-18(15)25-21(19)27)20(26)23-10-9-13-12-24-17-7-3-1-5-14(13)17/h1-8,12,24H,9-10H2,(H,23,26)(H,25,27)/b19-16-. The average molecular weight is 356 g/mol. The van der Waals surface area contributed by atoms with Crippen LogP contribution in [0, 0.1) is 11.3 Å². The van der Waals surface area contributed by atoms with Crippen LogP contribution in [0.25, 0.3) is 16.5 Å². The molecule has 0 unspecified atom stereocenters. The predicted octanol–water partition coefficient (Wildman–Crippen LogP) is 2.76. The number of rotatable bonds is 4. The maximum atomic E-state index is 12.5. The summed E-state index contributed by atoms with van der Waals surface area (Å²) >= 11 is 0. The highest BCUT2D eigenvalue weighted by Crippen LogP contribution is 2.33.